The zero-order valence-electron chi connectivity index (χ0n) is 11.9. The van der Waals surface area contributed by atoms with Gasteiger partial charge in [0, 0.05) is 19.1 Å². The third-order valence-electron chi connectivity index (χ3n) is 3.77. The summed E-state index contributed by atoms with van der Waals surface area (Å²) in [5.74, 6) is -0.857. The highest BCUT2D eigenvalue weighted by molar-refractivity contribution is 5.85. The number of benzene rings is 1. The lowest BCUT2D eigenvalue weighted by Crippen LogP contribution is -2.44. The van der Waals surface area contributed by atoms with Crippen molar-refractivity contribution in [3.63, 3.8) is 0 Å². The quantitative estimate of drug-likeness (QED) is 0.824. The Bertz CT molecular complexity index is 469. The van der Waals surface area contributed by atoms with E-state index in [0.717, 1.165) is 6.54 Å². The summed E-state index contributed by atoms with van der Waals surface area (Å²) in [6, 6.07) is 5.95. The number of carbonyl (C=O) groups excluding carboxylic acids is 1. The smallest absolute Gasteiger partial charge is 0.256 e. The van der Waals surface area contributed by atoms with Crippen molar-refractivity contribution in [2.24, 2.45) is 0 Å². The van der Waals surface area contributed by atoms with E-state index in [1.165, 1.54) is 44.0 Å². The summed E-state index contributed by atoms with van der Waals surface area (Å²) < 4.78 is 12.9. The Hall–Kier alpha value is -1.46. The first-order valence-electron chi connectivity index (χ1n) is 6.88. The number of hydrogen-bond donors (Lipinski definition) is 2. The van der Waals surface area contributed by atoms with E-state index in [1.807, 2.05) is 7.05 Å². The van der Waals surface area contributed by atoms with Crippen LogP contribution in [-0.4, -0.2) is 42.1 Å². The predicted octanol–water partition coefficient (Wildman–Crippen LogP) is 1.24. The first-order chi connectivity index (χ1) is 9.41. The highest BCUT2D eigenvalue weighted by atomic mass is 19.1. The van der Waals surface area contributed by atoms with Crippen molar-refractivity contribution < 1.29 is 14.3 Å². The molecular formula is C15H21FN2O2. The van der Waals surface area contributed by atoms with Gasteiger partial charge in [-0.15, -0.1) is 0 Å². The van der Waals surface area contributed by atoms with Gasteiger partial charge in [-0.05, 0) is 44.5 Å². The minimum absolute atomic E-state index is 0.381. The van der Waals surface area contributed by atoms with Crippen LogP contribution in [0.4, 0.5) is 4.39 Å². The van der Waals surface area contributed by atoms with Crippen molar-refractivity contribution in [3.05, 3.63) is 35.6 Å². The summed E-state index contributed by atoms with van der Waals surface area (Å²) in [7, 11) is 2.03. The zero-order chi connectivity index (χ0) is 14.8. The van der Waals surface area contributed by atoms with Gasteiger partial charge in [-0.2, -0.15) is 0 Å². The molecule has 5 heteroatoms. The van der Waals surface area contributed by atoms with Crippen molar-refractivity contribution in [2.45, 2.75) is 31.4 Å². The molecule has 0 aliphatic heterocycles. The first-order valence-corrected chi connectivity index (χ1v) is 6.88. The lowest BCUT2D eigenvalue weighted by atomic mass is 9.95. The number of aliphatic hydroxyl groups is 1. The molecule has 0 heterocycles. The van der Waals surface area contributed by atoms with Crippen LogP contribution in [0.15, 0.2) is 24.3 Å². The predicted molar refractivity (Wildman–Crippen MR) is 74.6 cm³/mol. The fourth-order valence-electron chi connectivity index (χ4n) is 2.12. The molecule has 0 aromatic heterocycles. The van der Waals surface area contributed by atoms with Crippen LogP contribution in [0.5, 0.6) is 0 Å². The fraction of sp³-hybridized carbons (Fsp3) is 0.533. The second-order valence-electron chi connectivity index (χ2n) is 5.55. The molecule has 0 bridgehead atoms. The number of rotatable bonds is 6. The minimum atomic E-state index is -1.65. The average molecular weight is 280 g/mol. The Morgan fingerprint density at radius 2 is 2.05 bits per heavy atom. The molecule has 1 aliphatic carbocycles. The molecule has 0 radical (unpaired) electrons. The second-order valence-corrected chi connectivity index (χ2v) is 5.55. The summed E-state index contributed by atoms with van der Waals surface area (Å²) in [6.45, 7) is 2.67. The van der Waals surface area contributed by atoms with Crippen LogP contribution in [-0.2, 0) is 10.4 Å². The summed E-state index contributed by atoms with van der Waals surface area (Å²) in [5, 5.41) is 13.0. The Balaban J connectivity index is 1.87. The molecule has 1 atom stereocenters. The molecule has 110 valence electrons. The molecule has 0 spiro atoms. The van der Waals surface area contributed by atoms with Gasteiger partial charge in [-0.3, -0.25) is 4.79 Å². The number of nitrogens with zero attached hydrogens (tertiary/aromatic N) is 1. The standard InChI is InChI=1S/C15H21FN2O2/c1-15(20,11-3-5-12(16)6-4-11)14(19)17-9-10-18(2)13-7-8-13/h3-6,13,20H,7-10H2,1-2H3,(H,17,19). The Labute approximate surface area is 118 Å². The van der Waals surface area contributed by atoms with E-state index in [1.54, 1.807) is 0 Å². The SMILES string of the molecule is CN(CCNC(=O)C(C)(O)c1ccc(F)cc1)C1CC1. The van der Waals surface area contributed by atoms with Crippen molar-refractivity contribution in [1.29, 1.82) is 0 Å². The first kappa shape index (κ1) is 14.9. The maximum atomic E-state index is 12.9. The van der Waals surface area contributed by atoms with Gasteiger partial charge in [0.2, 0.25) is 0 Å². The fourth-order valence-corrected chi connectivity index (χ4v) is 2.12. The minimum Gasteiger partial charge on any atom is -0.376 e. The van der Waals surface area contributed by atoms with E-state index in [-0.39, 0.29) is 0 Å². The normalized spacial score (nSPS) is 17.9. The van der Waals surface area contributed by atoms with Gasteiger partial charge in [0.05, 0.1) is 0 Å². The maximum Gasteiger partial charge on any atom is 0.256 e. The molecule has 1 saturated carbocycles. The van der Waals surface area contributed by atoms with Gasteiger partial charge in [0.1, 0.15) is 5.82 Å². The Morgan fingerprint density at radius 1 is 1.45 bits per heavy atom. The summed E-state index contributed by atoms with van der Waals surface area (Å²) >= 11 is 0. The third-order valence-corrected chi connectivity index (χ3v) is 3.77. The van der Waals surface area contributed by atoms with Crippen LogP contribution in [0.2, 0.25) is 0 Å². The summed E-state index contributed by atoms with van der Waals surface area (Å²) in [4.78, 5) is 14.2. The molecule has 1 fully saturated rings. The van der Waals surface area contributed by atoms with Crippen LogP contribution < -0.4 is 5.32 Å². The Kier molecular flexibility index (Phi) is 4.40. The highest BCUT2D eigenvalue weighted by Gasteiger charge is 2.32. The van der Waals surface area contributed by atoms with Crippen molar-refractivity contribution >= 4 is 5.91 Å². The van der Waals surface area contributed by atoms with Crippen molar-refractivity contribution in [2.75, 3.05) is 20.1 Å². The molecule has 2 N–H and O–H groups in total. The lowest BCUT2D eigenvalue weighted by molar-refractivity contribution is -0.139. The molecule has 1 aliphatic rings. The molecule has 1 aromatic carbocycles. The molecule has 0 saturated heterocycles. The van der Waals surface area contributed by atoms with Crippen LogP contribution in [0, 0.1) is 5.82 Å². The van der Waals surface area contributed by atoms with E-state index in [9.17, 15) is 14.3 Å². The molecule has 2 rings (SSSR count). The van der Waals surface area contributed by atoms with Gasteiger partial charge in [-0.1, -0.05) is 12.1 Å². The lowest BCUT2D eigenvalue weighted by Gasteiger charge is -2.24. The average Bonchev–Trinajstić information content (AvgIpc) is 3.23. The third kappa shape index (κ3) is 3.55. The second kappa shape index (κ2) is 5.89. The zero-order valence-corrected chi connectivity index (χ0v) is 11.9. The van der Waals surface area contributed by atoms with Gasteiger partial charge >= 0.3 is 0 Å². The van der Waals surface area contributed by atoms with Crippen LogP contribution in [0.25, 0.3) is 0 Å². The molecule has 4 nitrogen and oxygen atoms in total. The van der Waals surface area contributed by atoms with E-state index in [4.69, 9.17) is 0 Å². The Morgan fingerprint density at radius 3 is 2.60 bits per heavy atom. The van der Waals surface area contributed by atoms with E-state index < -0.39 is 17.3 Å². The van der Waals surface area contributed by atoms with E-state index in [2.05, 4.69) is 10.2 Å². The van der Waals surface area contributed by atoms with Gasteiger partial charge < -0.3 is 15.3 Å². The van der Waals surface area contributed by atoms with Gasteiger partial charge in [0.25, 0.3) is 5.91 Å². The van der Waals surface area contributed by atoms with Crippen LogP contribution in [0.1, 0.15) is 25.3 Å². The van der Waals surface area contributed by atoms with Gasteiger partial charge in [0.15, 0.2) is 5.60 Å². The van der Waals surface area contributed by atoms with Crippen molar-refractivity contribution in [1.82, 2.24) is 10.2 Å². The van der Waals surface area contributed by atoms with Crippen molar-refractivity contribution in [3.8, 4) is 0 Å². The molecule has 20 heavy (non-hydrogen) atoms. The molecular weight excluding hydrogens is 259 g/mol. The number of nitrogens with one attached hydrogen (secondary N) is 1. The number of halogens is 1. The molecule has 1 aromatic rings. The maximum absolute atomic E-state index is 12.9. The largest absolute Gasteiger partial charge is 0.376 e. The van der Waals surface area contributed by atoms with Gasteiger partial charge in [-0.25, -0.2) is 4.39 Å². The summed E-state index contributed by atoms with van der Waals surface area (Å²) in [6.07, 6.45) is 2.44. The number of carbonyl (C=O) groups is 1. The number of hydrogen-bond acceptors (Lipinski definition) is 3. The highest BCUT2D eigenvalue weighted by Crippen LogP contribution is 2.25. The monoisotopic (exact) mass is 280 g/mol. The molecule has 1 unspecified atom stereocenters. The summed E-state index contributed by atoms with van der Waals surface area (Å²) in [5.41, 5.74) is -1.27. The van der Waals surface area contributed by atoms with Crippen LogP contribution in [0.3, 0.4) is 0 Å². The van der Waals surface area contributed by atoms with E-state index in [0.29, 0.717) is 18.2 Å². The molecule has 1 amide bonds. The number of likely N-dealkylation sites (N-methyl/N-ethyl adjacent to an activating group) is 1. The topological polar surface area (TPSA) is 52.6 Å². The van der Waals surface area contributed by atoms with Crippen LogP contribution >= 0.6 is 0 Å². The number of amides is 1. The van der Waals surface area contributed by atoms with E-state index >= 15 is 0 Å².